The van der Waals surface area contributed by atoms with E-state index in [-0.39, 0.29) is 18.2 Å². The molecule has 0 bridgehead atoms. The molecule has 1 unspecified atom stereocenters. The van der Waals surface area contributed by atoms with E-state index in [0.29, 0.717) is 5.56 Å². The fraction of sp³-hybridized carbons (Fsp3) is 0.167. The Morgan fingerprint density at radius 3 is 2.42 bits per heavy atom. The molecule has 5 nitrogen and oxygen atoms in total. The molecule has 0 saturated carbocycles. The van der Waals surface area contributed by atoms with E-state index >= 15 is 0 Å². The van der Waals surface area contributed by atoms with Gasteiger partial charge in [-0.05, 0) is 47.0 Å². The number of rotatable bonds is 8. The van der Waals surface area contributed by atoms with Crippen LogP contribution in [0, 0.1) is 5.82 Å². The van der Waals surface area contributed by atoms with E-state index in [9.17, 15) is 12.8 Å². The normalized spacial score (nSPS) is 12.7. The predicted octanol–water partition coefficient (Wildman–Crippen LogP) is 4.57. The molecule has 7 heteroatoms. The van der Waals surface area contributed by atoms with E-state index in [2.05, 4.69) is 9.71 Å². The maximum Gasteiger partial charge on any atom is 0.215 e. The standard InChI is InChI=1S/C24H23FN2O3S/c1-30-20-12-8-18(9-13-20)22(23-14-26-24-5-3-2-4-21(23)24)15-27-31(28,29)16-17-6-10-19(25)11-7-17/h2-14,22,26-27H,15-16H2,1H3. The Labute approximate surface area is 180 Å². The number of benzene rings is 3. The van der Waals surface area contributed by atoms with Gasteiger partial charge in [-0.25, -0.2) is 17.5 Å². The molecule has 4 aromatic rings. The Balaban J connectivity index is 1.62. The van der Waals surface area contributed by atoms with Crippen molar-refractivity contribution in [3.63, 3.8) is 0 Å². The Morgan fingerprint density at radius 2 is 1.71 bits per heavy atom. The number of fused-ring (bicyclic) bond motifs is 1. The third-order valence-corrected chi connectivity index (χ3v) is 6.61. The number of nitrogens with one attached hydrogen (secondary N) is 2. The summed E-state index contributed by atoms with van der Waals surface area (Å²) in [5.74, 6) is -0.0763. The number of hydrogen-bond donors (Lipinski definition) is 2. The van der Waals surface area contributed by atoms with Crippen LogP contribution in [0.1, 0.15) is 22.6 Å². The highest BCUT2D eigenvalue weighted by atomic mass is 32.2. The molecule has 1 aromatic heterocycles. The van der Waals surface area contributed by atoms with Crippen molar-refractivity contribution in [3.8, 4) is 5.75 Å². The van der Waals surface area contributed by atoms with E-state index in [1.54, 1.807) is 7.11 Å². The quantitative estimate of drug-likeness (QED) is 0.423. The lowest BCUT2D eigenvalue weighted by molar-refractivity contribution is 0.414. The highest BCUT2D eigenvalue weighted by Crippen LogP contribution is 2.31. The molecule has 0 saturated heterocycles. The zero-order chi connectivity index (χ0) is 21.8. The van der Waals surface area contributed by atoms with Crippen molar-refractivity contribution in [2.75, 3.05) is 13.7 Å². The maximum atomic E-state index is 13.1. The summed E-state index contributed by atoms with van der Waals surface area (Å²) in [5.41, 5.74) is 3.49. The molecule has 160 valence electrons. The van der Waals surface area contributed by atoms with Crippen LogP contribution in [-0.2, 0) is 15.8 Å². The molecule has 0 aliphatic heterocycles. The molecule has 0 fully saturated rings. The van der Waals surface area contributed by atoms with Gasteiger partial charge in [-0.15, -0.1) is 0 Å². The highest BCUT2D eigenvalue weighted by Gasteiger charge is 2.21. The zero-order valence-electron chi connectivity index (χ0n) is 17.0. The Bertz CT molecular complexity index is 1270. The van der Waals surface area contributed by atoms with E-state index in [0.717, 1.165) is 27.8 Å². The third-order valence-electron chi connectivity index (χ3n) is 5.29. The van der Waals surface area contributed by atoms with Crippen LogP contribution in [0.25, 0.3) is 10.9 Å². The van der Waals surface area contributed by atoms with Gasteiger partial charge in [-0.1, -0.05) is 42.5 Å². The van der Waals surface area contributed by atoms with Crippen LogP contribution in [0.3, 0.4) is 0 Å². The molecule has 0 radical (unpaired) electrons. The van der Waals surface area contributed by atoms with Crippen molar-refractivity contribution in [2.45, 2.75) is 11.7 Å². The van der Waals surface area contributed by atoms with Gasteiger partial charge in [0.05, 0.1) is 12.9 Å². The Hall–Kier alpha value is -3.16. The monoisotopic (exact) mass is 438 g/mol. The summed E-state index contributed by atoms with van der Waals surface area (Å²) in [6, 6.07) is 21.0. The lowest BCUT2D eigenvalue weighted by Crippen LogP contribution is -2.30. The van der Waals surface area contributed by atoms with E-state index in [4.69, 9.17) is 4.74 Å². The number of sulfonamides is 1. The number of hydrogen-bond acceptors (Lipinski definition) is 3. The zero-order valence-corrected chi connectivity index (χ0v) is 17.8. The van der Waals surface area contributed by atoms with Crippen molar-refractivity contribution in [3.05, 3.63) is 102 Å². The van der Waals surface area contributed by atoms with Crippen LogP contribution < -0.4 is 9.46 Å². The summed E-state index contributed by atoms with van der Waals surface area (Å²) >= 11 is 0. The van der Waals surface area contributed by atoms with Gasteiger partial charge in [0.2, 0.25) is 10.0 Å². The van der Waals surface area contributed by atoms with E-state index in [1.165, 1.54) is 24.3 Å². The van der Waals surface area contributed by atoms with Crippen molar-refractivity contribution < 1.29 is 17.5 Å². The number of aromatic amines is 1. The SMILES string of the molecule is COc1ccc(C(CNS(=O)(=O)Cc2ccc(F)cc2)c2c[nH]c3ccccc23)cc1. The fourth-order valence-electron chi connectivity index (χ4n) is 3.69. The largest absolute Gasteiger partial charge is 0.497 e. The van der Waals surface area contributed by atoms with Gasteiger partial charge in [-0.3, -0.25) is 0 Å². The molecule has 2 N–H and O–H groups in total. The van der Waals surface area contributed by atoms with E-state index in [1.807, 2.05) is 54.7 Å². The molecule has 0 aliphatic carbocycles. The van der Waals surface area contributed by atoms with Crippen molar-refractivity contribution in [1.82, 2.24) is 9.71 Å². The van der Waals surface area contributed by atoms with Crippen LogP contribution in [0.5, 0.6) is 5.75 Å². The van der Waals surface area contributed by atoms with Crippen molar-refractivity contribution in [2.24, 2.45) is 0 Å². The minimum atomic E-state index is -3.62. The molecule has 31 heavy (non-hydrogen) atoms. The summed E-state index contributed by atoms with van der Waals surface area (Å²) in [6.45, 7) is 0.192. The van der Waals surface area contributed by atoms with E-state index < -0.39 is 15.8 Å². The second kappa shape index (κ2) is 8.91. The summed E-state index contributed by atoms with van der Waals surface area (Å²) in [4.78, 5) is 3.27. The van der Waals surface area contributed by atoms with Crippen molar-refractivity contribution >= 4 is 20.9 Å². The first-order chi connectivity index (χ1) is 14.9. The average Bonchev–Trinajstić information content (AvgIpc) is 3.20. The van der Waals surface area contributed by atoms with Gasteiger partial charge < -0.3 is 9.72 Å². The number of para-hydroxylation sites is 1. The highest BCUT2D eigenvalue weighted by molar-refractivity contribution is 7.88. The smallest absolute Gasteiger partial charge is 0.215 e. The maximum absolute atomic E-state index is 13.1. The summed E-state index contributed by atoms with van der Waals surface area (Å²) in [7, 11) is -2.01. The first-order valence-electron chi connectivity index (χ1n) is 9.87. The minimum absolute atomic E-state index is 0.192. The van der Waals surface area contributed by atoms with Crippen LogP contribution in [0.4, 0.5) is 4.39 Å². The van der Waals surface area contributed by atoms with Crippen LogP contribution in [-0.4, -0.2) is 27.1 Å². The molecule has 3 aromatic carbocycles. The Morgan fingerprint density at radius 1 is 1.00 bits per heavy atom. The fourth-order valence-corrected chi connectivity index (χ4v) is 4.84. The molecule has 0 spiro atoms. The Kier molecular flexibility index (Phi) is 6.06. The van der Waals surface area contributed by atoms with Gasteiger partial charge in [0, 0.05) is 29.6 Å². The number of ether oxygens (including phenoxy) is 1. The van der Waals surface area contributed by atoms with Gasteiger partial charge in [-0.2, -0.15) is 0 Å². The third kappa shape index (κ3) is 4.95. The molecule has 4 rings (SSSR count). The molecule has 0 aliphatic rings. The predicted molar refractivity (Wildman–Crippen MR) is 120 cm³/mol. The summed E-state index contributed by atoms with van der Waals surface area (Å²) < 4.78 is 46.6. The molecular weight excluding hydrogens is 415 g/mol. The van der Waals surface area contributed by atoms with Crippen LogP contribution in [0.15, 0.2) is 79.0 Å². The lowest BCUT2D eigenvalue weighted by atomic mass is 9.91. The van der Waals surface area contributed by atoms with Gasteiger partial charge in [0.25, 0.3) is 0 Å². The average molecular weight is 439 g/mol. The molecule has 1 atom stereocenters. The number of halogens is 1. The minimum Gasteiger partial charge on any atom is -0.497 e. The van der Waals surface area contributed by atoms with Crippen LogP contribution in [0.2, 0.25) is 0 Å². The first kappa shape index (κ1) is 21.1. The first-order valence-corrected chi connectivity index (χ1v) is 11.5. The molecule has 1 heterocycles. The van der Waals surface area contributed by atoms with Gasteiger partial charge in [0.15, 0.2) is 0 Å². The molecular formula is C24H23FN2O3S. The summed E-state index contributed by atoms with van der Waals surface area (Å²) in [6.07, 6.45) is 1.92. The summed E-state index contributed by atoms with van der Waals surface area (Å²) in [5, 5.41) is 1.04. The topological polar surface area (TPSA) is 71.2 Å². The second-order valence-corrected chi connectivity index (χ2v) is 9.16. The second-order valence-electron chi connectivity index (χ2n) is 7.35. The lowest BCUT2D eigenvalue weighted by Gasteiger charge is -2.19. The molecule has 0 amide bonds. The van der Waals surface area contributed by atoms with Gasteiger partial charge in [0.1, 0.15) is 11.6 Å². The number of methoxy groups -OCH3 is 1. The van der Waals surface area contributed by atoms with Crippen molar-refractivity contribution in [1.29, 1.82) is 0 Å². The van der Waals surface area contributed by atoms with Gasteiger partial charge >= 0.3 is 0 Å². The number of H-pyrrole nitrogens is 1. The van der Waals surface area contributed by atoms with Crippen LogP contribution >= 0.6 is 0 Å². The number of aromatic nitrogens is 1.